The zero-order valence-corrected chi connectivity index (χ0v) is 13.5. The summed E-state index contributed by atoms with van der Waals surface area (Å²) >= 11 is 0. The van der Waals surface area contributed by atoms with Crippen LogP contribution in [0.3, 0.4) is 0 Å². The summed E-state index contributed by atoms with van der Waals surface area (Å²) < 4.78 is 28.6. The molecule has 1 unspecified atom stereocenters. The second-order valence-corrected chi connectivity index (χ2v) is 7.25. The topological polar surface area (TPSA) is 55.4 Å². The van der Waals surface area contributed by atoms with E-state index in [9.17, 15) is 8.42 Å². The van der Waals surface area contributed by atoms with Crippen LogP contribution in [0, 0.1) is 0 Å². The lowest BCUT2D eigenvalue weighted by molar-refractivity contribution is 0.0611. The van der Waals surface area contributed by atoms with Crippen LogP contribution in [0.15, 0.2) is 29.2 Å². The van der Waals surface area contributed by atoms with Crippen LogP contribution in [-0.2, 0) is 14.6 Å². The Bertz CT molecular complexity index is 494. The van der Waals surface area contributed by atoms with Gasteiger partial charge in [0.15, 0.2) is 9.84 Å². The predicted octanol–water partition coefficient (Wildman–Crippen LogP) is 2.56. The highest BCUT2D eigenvalue weighted by Gasteiger charge is 2.13. The Balaban J connectivity index is 2.84. The molecular formula is C15H25NO3S. The van der Waals surface area contributed by atoms with E-state index in [1.807, 2.05) is 26.0 Å². The van der Waals surface area contributed by atoms with Crippen molar-refractivity contribution in [2.75, 3.05) is 19.4 Å². The number of rotatable bonds is 8. The minimum atomic E-state index is -3.14. The van der Waals surface area contributed by atoms with Gasteiger partial charge in [0.1, 0.15) is 0 Å². The Kier molecular flexibility index (Phi) is 6.65. The van der Waals surface area contributed by atoms with Crippen LogP contribution in [0.5, 0.6) is 0 Å². The number of sulfone groups is 1. The van der Waals surface area contributed by atoms with Crippen molar-refractivity contribution in [3.8, 4) is 0 Å². The fourth-order valence-electron chi connectivity index (χ4n) is 1.83. The van der Waals surface area contributed by atoms with Gasteiger partial charge in [0.05, 0.1) is 23.6 Å². The first-order valence-electron chi connectivity index (χ1n) is 6.99. The van der Waals surface area contributed by atoms with E-state index in [1.165, 1.54) is 6.26 Å². The van der Waals surface area contributed by atoms with Crippen molar-refractivity contribution in [1.29, 1.82) is 0 Å². The first-order valence-corrected chi connectivity index (χ1v) is 8.88. The molecule has 114 valence electrons. The molecule has 0 aromatic heterocycles. The molecule has 20 heavy (non-hydrogen) atoms. The lowest BCUT2D eigenvalue weighted by Gasteiger charge is -2.20. The highest BCUT2D eigenvalue weighted by atomic mass is 32.2. The summed E-state index contributed by atoms with van der Waals surface area (Å²) in [5, 5.41) is 3.42. The number of nitrogens with one attached hydrogen (secondary N) is 1. The second kappa shape index (κ2) is 7.76. The lowest BCUT2D eigenvalue weighted by Crippen LogP contribution is -2.27. The zero-order chi connectivity index (χ0) is 15.2. The quantitative estimate of drug-likeness (QED) is 0.801. The number of hydrogen-bond acceptors (Lipinski definition) is 4. The van der Waals surface area contributed by atoms with Gasteiger partial charge in [-0.05, 0) is 44.5 Å². The molecule has 0 heterocycles. The Morgan fingerprint density at radius 2 is 1.80 bits per heavy atom. The molecule has 5 heteroatoms. The van der Waals surface area contributed by atoms with Gasteiger partial charge in [0.25, 0.3) is 0 Å². The van der Waals surface area contributed by atoms with Gasteiger partial charge in [-0.15, -0.1) is 0 Å². The molecule has 4 nitrogen and oxygen atoms in total. The van der Waals surface area contributed by atoms with E-state index in [0.29, 0.717) is 11.5 Å². The van der Waals surface area contributed by atoms with Crippen molar-refractivity contribution in [3.63, 3.8) is 0 Å². The molecule has 0 radical (unpaired) electrons. The minimum absolute atomic E-state index is 0.0889. The van der Waals surface area contributed by atoms with Crippen LogP contribution >= 0.6 is 0 Å². The zero-order valence-electron chi connectivity index (χ0n) is 12.7. The maximum absolute atomic E-state index is 11.5. The molecule has 0 aliphatic carbocycles. The van der Waals surface area contributed by atoms with Crippen LogP contribution in [0.2, 0.25) is 0 Å². The van der Waals surface area contributed by atoms with Gasteiger partial charge in [-0.1, -0.05) is 19.1 Å². The molecule has 0 saturated carbocycles. The van der Waals surface area contributed by atoms with Gasteiger partial charge in [-0.2, -0.15) is 0 Å². The molecule has 1 aromatic carbocycles. The summed E-state index contributed by atoms with van der Waals surface area (Å²) in [6, 6.07) is 7.10. The molecule has 1 N–H and O–H groups in total. The van der Waals surface area contributed by atoms with E-state index >= 15 is 0 Å². The largest absolute Gasteiger partial charge is 0.377 e. The van der Waals surface area contributed by atoms with Crippen LogP contribution in [0.4, 0.5) is 0 Å². The third-order valence-corrected chi connectivity index (χ3v) is 4.08. The summed E-state index contributed by atoms with van der Waals surface area (Å²) in [6.45, 7) is 7.60. The second-order valence-electron chi connectivity index (χ2n) is 5.23. The van der Waals surface area contributed by atoms with Crippen molar-refractivity contribution >= 4 is 9.84 Å². The van der Waals surface area contributed by atoms with Crippen molar-refractivity contribution in [2.24, 2.45) is 0 Å². The van der Waals surface area contributed by atoms with Gasteiger partial charge in [-0.3, -0.25) is 0 Å². The van der Waals surface area contributed by atoms with Crippen molar-refractivity contribution in [1.82, 2.24) is 5.32 Å². The highest BCUT2D eigenvalue weighted by molar-refractivity contribution is 7.90. The van der Waals surface area contributed by atoms with Gasteiger partial charge in [0.2, 0.25) is 0 Å². The molecule has 1 atom stereocenters. The van der Waals surface area contributed by atoms with Crippen LogP contribution in [-0.4, -0.2) is 33.9 Å². The van der Waals surface area contributed by atoms with Crippen molar-refractivity contribution in [2.45, 2.75) is 44.2 Å². The molecule has 0 fully saturated rings. The Hall–Kier alpha value is -0.910. The molecule has 0 bridgehead atoms. The number of hydrogen-bond donors (Lipinski definition) is 1. The van der Waals surface area contributed by atoms with Crippen LogP contribution in [0.1, 0.15) is 38.8 Å². The van der Waals surface area contributed by atoms with E-state index in [-0.39, 0.29) is 12.1 Å². The van der Waals surface area contributed by atoms with E-state index in [0.717, 1.165) is 18.5 Å². The maximum atomic E-state index is 11.5. The molecule has 0 aliphatic heterocycles. The smallest absolute Gasteiger partial charge is 0.175 e. The molecule has 0 aliphatic rings. The molecule has 0 amide bonds. The average molecular weight is 299 g/mol. The normalized spacial score (nSPS) is 13.7. The first kappa shape index (κ1) is 17.1. The molecule has 0 spiro atoms. The van der Waals surface area contributed by atoms with E-state index in [4.69, 9.17) is 4.74 Å². The Morgan fingerprint density at radius 1 is 1.20 bits per heavy atom. The van der Waals surface area contributed by atoms with E-state index in [1.54, 1.807) is 12.1 Å². The number of ether oxygens (including phenoxy) is 1. The van der Waals surface area contributed by atoms with Crippen molar-refractivity contribution in [3.05, 3.63) is 29.8 Å². The summed E-state index contributed by atoms with van der Waals surface area (Å²) in [5.74, 6) is 0. The summed E-state index contributed by atoms with van der Waals surface area (Å²) in [5.41, 5.74) is 1.05. The third-order valence-electron chi connectivity index (χ3n) is 2.95. The predicted molar refractivity (Wildman–Crippen MR) is 81.7 cm³/mol. The number of benzene rings is 1. The Morgan fingerprint density at radius 3 is 2.25 bits per heavy atom. The first-order chi connectivity index (χ1) is 9.34. The molecule has 1 rings (SSSR count). The molecule has 1 aromatic rings. The van der Waals surface area contributed by atoms with Gasteiger partial charge < -0.3 is 10.1 Å². The fraction of sp³-hybridized carbons (Fsp3) is 0.600. The highest BCUT2D eigenvalue weighted by Crippen LogP contribution is 2.17. The SMILES string of the molecule is CCCNC(COC(C)C)c1ccc(S(C)(=O)=O)cc1. The summed E-state index contributed by atoms with van der Waals surface area (Å²) in [6.07, 6.45) is 2.44. The lowest BCUT2D eigenvalue weighted by atomic mass is 10.1. The third kappa shape index (κ3) is 5.61. The van der Waals surface area contributed by atoms with Crippen LogP contribution in [0.25, 0.3) is 0 Å². The Labute approximate surface area is 122 Å². The van der Waals surface area contributed by atoms with Gasteiger partial charge >= 0.3 is 0 Å². The fourth-order valence-corrected chi connectivity index (χ4v) is 2.46. The summed E-state index contributed by atoms with van der Waals surface area (Å²) in [4.78, 5) is 0.347. The standard InChI is InChI=1S/C15H25NO3S/c1-5-10-16-15(11-19-12(2)3)13-6-8-14(9-7-13)20(4,17)18/h6-9,12,15-16H,5,10-11H2,1-4H3. The average Bonchev–Trinajstić information content (AvgIpc) is 2.38. The summed E-state index contributed by atoms with van der Waals surface area (Å²) in [7, 11) is -3.14. The monoisotopic (exact) mass is 299 g/mol. The van der Waals surface area contributed by atoms with E-state index < -0.39 is 9.84 Å². The van der Waals surface area contributed by atoms with Gasteiger partial charge in [0, 0.05) is 6.26 Å². The maximum Gasteiger partial charge on any atom is 0.175 e. The van der Waals surface area contributed by atoms with E-state index in [2.05, 4.69) is 12.2 Å². The van der Waals surface area contributed by atoms with Gasteiger partial charge in [-0.25, -0.2) is 8.42 Å². The van der Waals surface area contributed by atoms with Crippen LogP contribution < -0.4 is 5.32 Å². The molecular weight excluding hydrogens is 274 g/mol. The minimum Gasteiger partial charge on any atom is -0.377 e. The molecule has 0 saturated heterocycles. The van der Waals surface area contributed by atoms with Crippen molar-refractivity contribution < 1.29 is 13.2 Å².